The molecule has 0 bridgehead atoms. The molecule has 0 saturated carbocycles. The van der Waals surface area contributed by atoms with Gasteiger partial charge in [-0.2, -0.15) is 8.42 Å². The molecule has 7 heteroatoms. The fourth-order valence-corrected chi connectivity index (χ4v) is 2.84. The fraction of sp³-hybridized carbons (Fsp3) is 0. The van der Waals surface area contributed by atoms with Crippen LogP contribution >= 0.6 is 11.6 Å². The summed E-state index contributed by atoms with van der Waals surface area (Å²) in [5.41, 5.74) is 11.7. The summed E-state index contributed by atoms with van der Waals surface area (Å²) in [4.78, 5) is -0.105. The van der Waals surface area contributed by atoms with Crippen LogP contribution in [0.3, 0.4) is 0 Å². The quantitative estimate of drug-likeness (QED) is 0.669. The second-order valence-corrected chi connectivity index (χ2v) is 5.68. The van der Waals surface area contributed by atoms with Crippen LogP contribution in [-0.2, 0) is 10.1 Å². The smallest absolute Gasteiger partial charge is 0.340 e. The number of hydrogen-bond acceptors (Lipinski definition) is 5. The highest BCUT2D eigenvalue weighted by atomic mass is 35.5. The van der Waals surface area contributed by atoms with E-state index in [1.165, 1.54) is 30.3 Å². The molecule has 0 unspecified atom stereocenters. The minimum absolute atomic E-state index is 0.0756. The second-order valence-electron chi connectivity index (χ2n) is 3.76. The van der Waals surface area contributed by atoms with Crippen molar-refractivity contribution in [2.45, 2.75) is 4.90 Å². The Morgan fingerprint density at radius 1 is 1.00 bits per heavy atom. The Morgan fingerprint density at radius 2 is 1.68 bits per heavy atom. The topological polar surface area (TPSA) is 95.4 Å². The Bertz CT molecular complexity index is 717. The van der Waals surface area contributed by atoms with E-state index in [1.807, 2.05) is 0 Å². The molecule has 0 aromatic heterocycles. The highest BCUT2D eigenvalue weighted by Crippen LogP contribution is 2.27. The number of benzene rings is 2. The van der Waals surface area contributed by atoms with Crippen molar-refractivity contribution in [3.05, 3.63) is 47.5 Å². The highest BCUT2D eigenvalue weighted by molar-refractivity contribution is 7.87. The molecule has 19 heavy (non-hydrogen) atoms. The lowest BCUT2D eigenvalue weighted by Gasteiger charge is -2.09. The minimum Gasteiger partial charge on any atom is -0.397 e. The molecule has 0 spiro atoms. The number of anilines is 2. The van der Waals surface area contributed by atoms with Gasteiger partial charge in [-0.25, -0.2) is 0 Å². The number of halogens is 1. The van der Waals surface area contributed by atoms with Gasteiger partial charge in [0.25, 0.3) is 0 Å². The molecule has 0 aliphatic rings. The Labute approximate surface area is 115 Å². The van der Waals surface area contributed by atoms with E-state index >= 15 is 0 Å². The van der Waals surface area contributed by atoms with Crippen molar-refractivity contribution < 1.29 is 12.6 Å². The van der Waals surface area contributed by atoms with Crippen molar-refractivity contribution in [3.63, 3.8) is 0 Å². The number of nitrogen functional groups attached to an aromatic ring is 2. The van der Waals surface area contributed by atoms with E-state index in [0.29, 0.717) is 5.69 Å². The zero-order valence-electron chi connectivity index (χ0n) is 9.71. The largest absolute Gasteiger partial charge is 0.397 e. The Kier molecular flexibility index (Phi) is 3.55. The molecule has 0 aliphatic carbocycles. The van der Waals surface area contributed by atoms with E-state index in [2.05, 4.69) is 0 Å². The molecule has 0 aliphatic heterocycles. The van der Waals surface area contributed by atoms with Gasteiger partial charge in [0.2, 0.25) is 0 Å². The van der Waals surface area contributed by atoms with Crippen LogP contribution in [0.25, 0.3) is 0 Å². The lowest BCUT2D eigenvalue weighted by molar-refractivity contribution is 0.486. The molecule has 0 amide bonds. The zero-order valence-corrected chi connectivity index (χ0v) is 11.3. The summed E-state index contributed by atoms with van der Waals surface area (Å²) < 4.78 is 29.0. The Hall–Kier alpha value is -1.92. The number of hydrogen-bond donors (Lipinski definition) is 2. The van der Waals surface area contributed by atoms with Crippen LogP contribution in [0.2, 0.25) is 5.02 Å². The molecule has 0 radical (unpaired) electrons. The van der Waals surface area contributed by atoms with Gasteiger partial charge in [-0.3, -0.25) is 0 Å². The van der Waals surface area contributed by atoms with Crippen molar-refractivity contribution in [3.8, 4) is 5.75 Å². The first kappa shape index (κ1) is 13.5. The van der Waals surface area contributed by atoms with Gasteiger partial charge in [0.05, 0.1) is 16.4 Å². The predicted octanol–water partition coefficient (Wildman–Crippen LogP) is 2.27. The SMILES string of the molecule is Nc1ccc(OS(=O)(=O)c2ccccc2Cl)cc1N. The van der Waals surface area contributed by atoms with Crippen molar-refractivity contribution in [2.75, 3.05) is 11.5 Å². The third-order valence-electron chi connectivity index (χ3n) is 2.37. The molecule has 2 aromatic rings. The van der Waals surface area contributed by atoms with Gasteiger partial charge in [-0.15, -0.1) is 0 Å². The molecule has 100 valence electrons. The summed E-state index contributed by atoms with van der Waals surface area (Å²) in [6, 6.07) is 10.2. The number of nitrogens with two attached hydrogens (primary N) is 2. The van der Waals surface area contributed by atoms with E-state index in [9.17, 15) is 8.42 Å². The first-order valence-electron chi connectivity index (χ1n) is 5.24. The third-order valence-corrected chi connectivity index (χ3v) is 4.12. The fourth-order valence-electron chi connectivity index (χ4n) is 1.42. The summed E-state index contributed by atoms with van der Waals surface area (Å²) in [5.74, 6) is 0.0756. The van der Waals surface area contributed by atoms with Crippen molar-refractivity contribution in [1.29, 1.82) is 0 Å². The van der Waals surface area contributed by atoms with Crippen LogP contribution in [0.5, 0.6) is 5.75 Å². The van der Waals surface area contributed by atoms with Crippen LogP contribution in [0.4, 0.5) is 11.4 Å². The van der Waals surface area contributed by atoms with Crippen LogP contribution in [0.15, 0.2) is 47.4 Å². The first-order valence-corrected chi connectivity index (χ1v) is 7.03. The molecule has 5 nitrogen and oxygen atoms in total. The summed E-state index contributed by atoms with van der Waals surface area (Å²) in [5, 5.41) is 0.0888. The van der Waals surface area contributed by atoms with Crippen LogP contribution in [0.1, 0.15) is 0 Å². The monoisotopic (exact) mass is 298 g/mol. The average Bonchev–Trinajstić information content (AvgIpc) is 2.34. The molecule has 2 rings (SSSR count). The second kappa shape index (κ2) is 4.99. The lowest BCUT2D eigenvalue weighted by atomic mass is 10.3. The molecule has 0 saturated heterocycles. The van der Waals surface area contributed by atoms with E-state index in [1.54, 1.807) is 12.1 Å². The summed E-state index contributed by atoms with van der Waals surface area (Å²) in [7, 11) is -4.00. The summed E-state index contributed by atoms with van der Waals surface area (Å²) in [6.07, 6.45) is 0. The predicted molar refractivity (Wildman–Crippen MR) is 74.5 cm³/mol. The Balaban J connectivity index is 2.37. The van der Waals surface area contributed by atoms with Crippen molar-refractivity contribution >= 4 is 33.1 Å². The molecular formula is C12H11ClN2O3S. The van der Waals surface area contributed by atoms with Crippen LogP contribution in [0, 0.1) is 0 Å². The standard InChI is InChI=1S/C12H11ClN2O3S/c13-9-3-1-2-4-12(9)19(16,17)18-8-5-6-10(14)11(15)7-8/h1-7H,14-15H2. The molecular weight excluding hydrogens is 288 g/mol. The third kappa shape index (κ3) is 2.91. The first-order chi connectivity index (χ1) is 8.90. The van der Waals surface area contributed by atoms with E-state index in [0.717, 1.165) is 0 Å². The van der Waals surface area contributed by atoms with Gasteiger partial charge >= 0.3 is 10.1 Å². The maximum atomic E-state index is 12.0. The van der Waals surface area contributed by atoms with Gasteiger partial charge < -0.3 is 15.7 Å². The lowest BCUT2D eigenvalue weighted by Crippen LogP contribution is -2.10. The maximum absolute atomic E-state index is 12.0. The molecule has 4 N–H and O–H groups in total. The molecule has 0 fully saturated rings. The number of rotatable bonds is 3. The van der Waals surface area contributed by atoms with Gasteiger partial charge in [0.1, 0.15) is 10.6 Å². The maximum Gasteiger partial charge on any atom is 0.340 e. The van der Waals surface area contributed by atoms with Crippen LogP contribution < -0.4 is 15.7 Å². The zero-order chi connectivity index (χ0) is 14.0. The Morgan fingerprint density at radius 3 is 2.32 bits per heavy atom. The molecule has 0 atom stereocenters. The van der Waals surface area contributed by atoms with E-state index in [-0.39, 0.29) is 21.4 Å². The summed E-state index contributed by atoms with van der Waals surface area (Å²) in [6.45, 7) is 0. The van der Waals surface area contributed by atoms with Gasteiger partial charge in [0.15, 0.2) is 0 Å². The van der Waals surface area contributed by atoms with Gasteiger partial charge in [0, 0.05) is 6.07 Å². The highest BCUT2D eigenvalue weighted by Gasteiger charge is 2.20. The summed E-state index contributed by atoms with van der Waals surface area (Å²) >= 11 is 5.83. The van der Waals surface area contributed by atoms with E-state index < -0.39 is 10.1 Å². The minimum atomic E-state index is -4.00. The van der Waals surface area contributed by atoms with Crippen molar-refractivity contribution in [1.82, 2.24) is 0 Å². The van der Waals surface area contributed by atoms with Gasteiger partial charge in [-0.05, 0) is 24.3 Å². The average molecular weight is 299 g/mol. The van der Waals surface area contributed by atoms with Crippen molar-refractivity contribution in [2.24, 2.45) is 0 Å². The molecule has 2 aromatic carbocycles. The van der Waals surface area contributed by atoms with Gasteiger partial charge in [-0.1, -0.05) is 23.7 Å². The van der Waals surface area contributed by atoms with Crippen LogP contribution in [-0.4, -0.2) is 8.42 Å². The normalized spacial score (nSPS) is 11.2. The molecule has 0 heterocycles. The van der Waals surface area contributed by atoms with E-state index in [4.69, 9.17) is 27.3 Å².